The second-order valence-corrected chi connectivity index (χ2v) is 5.62. The van der Waals surface area contributed by atoms with Crippen molar-refractivity contribution in [3.63, 3.8) is 0 Å². The molecule has 0 bridgehead atoms. The molecule has 8 heteroatoms. The molecule has 0 heterocycles. The molecule has 3 N–H and O–H groups in total. The van der Waals surface area contributed by atoms with Gasteiger partial charge in [0.1, 0.15) is 5.25 Å². The SMILES string of the molecule is CC(C(=O)NCC(F)(F)CN)S(C)(=O)=O. The summed E-state index contributed by atoms with van der Waals surface area (Å²) in [5, 5.41) is 0.490. The number of hydrogen-bond acceptors (Lipinski definition) is 4. The van der Waals surface area contributed by atoms with E-state index in [-0.39, 0.29) is 0 Å². The Labute approximate surface area is 86.9 Å². The lowest BCUT2D eigenvalue weighted by atomic mass is 10.3. The quantitative estimate of drug-likeness (QED) is 0.658. The van der Waals surface area contributed by atoms with Crippen molar-refractivity contribution < 1.29 is 22.0 Å². The van der Waals surface area contributed by atoms with Crippen LogP contribution in [0.1, 0.15) is 6.92 Å². The van der Waals surface area contributed by atoms with Crippen LogP contribution in [0, 0.1) is 0 Å². The fourth-order valence-electron chi connectivity index (χ4n) is 0.627. The highest BCUT2D eigenvalue weighted by Gasteiger charge is 2.30. The van der Waals surface area contributed by atoms with E-state index in [0.717, 1.165) is 13.2 Å². The summed E-state index contributed by atoms with van der Waals surface area (Å²) < 4.78 is 47.0. The van der Waals surface area contributed by atoms with Gasteiger partial charge in [-0.25, -0.2) is 17.2 Å². The largest absolute Gasteiger partial charge is 0.349 e. The minimum absolute atomic E-state index is 0.859. The van der Waals surface area contributed by atoms with Crippen molar-refractivity contribution in [1.29, 1.82) is 0 Å². The van der Waals surface area contributed by atoms with Crippen LogP contribution in [0.3, 0.4) is 0 Å². The maximum atomic E-state index is 12.6. The van der Waals surface area contributed by atoms with E-state index in [2.05, 4.69) is 0 Å². The average Bonchev–Trinajstić information content (AvgIpc) is 2.11. The molecule has 5 nitrogen and oxygen atoms in total. The van der Waals surface area contributed by atoms with Gasteiger partial charge >= 0.3 is 0 Å². The lowest BCUT2D eigenvalue weighted by Crippen LogP contribution is -2.45. The second-order valence-electron chi connectivity index (χ2n) is 3.25. The second kappa shape index (κ2) is 4.84. The molecule has 0 aromatic heterocycles. The molecule has 0 aromatic carbocycles. The van der Waals surface area contributed by atoms with Crippen molar-refractivity contribution in [2.24, 2.45) is 5.73 Å². The third-order valence-corrected chi connectivity index (χ3v) is 3.33. The molecule has 0 aliphatic heterocycles. The minimum Gasteiger partial charge on any atom is -0.349 e. The van der Waals surface area contributed by atoms with Crippen molar-refractivity contribution in [2.45, 2.75) is 18.1 Å². The van der Waals surface area contributed by atoms with Gasteiger partial charge < -0.3 is 11.1 Å². The Balaban J connectivity index is 4.29. The van der Waals surface area contributed by atoms with Crippen LogP contribution in [0.4, 0.5) is 8.78 Å². The van der Waals surface area contributed by atoms with E-state index in [1.165, 1.54) is 0 Å². The minimum atomic E-state index is -3.56. The van der Waals surface area contributed by atoms with Crippen LogP contribution in [0.2, 0.25) is 0 Å². The van der Waals surface area contributed by atoms with Gasteiger partial charge in [-0.2, -0.15) is 0 Å². The van der Waals surface area contributed by atoms with Crippen LogP contribution in [0.15, 0.2) is 0 Å². The Morgan fingerprint density at radius 1 is 1.53 bits per heavy atom. The zero-order valence-corrected chi connectivity index (χ0v) is 9.27. The number of amides is 1. The number of sulfone groups is 1. The molecule has 0 fully saturated rings. The number of alkyl halides is 2. The first-order valence-electron chi connectivity index (χ1n) is 4.14. The fourth-order valence-corrected chi connectivity index (χ4v) is 1.10. The summed E-state index contributed by atoms with van der Waals surface area (Å²) in [4.78, 5) is 11.1. The smallest absolute Gasteiger partial charge is 0.277 e. The standard InChI is InChI=1S/C7H14F2N2O3S/c1-5(15(2,13)14)6(12)11-4-7(8,9)3-10/h5H,3-4,10H2,1-2H3,(H,11,12). The first-order chi connectivity index (χ1) is 6.60. The maximum absolute atomic E-state index is 12.6. The summed E-state index contributed by atoms with van der Waals surface area (Å²) in [5.74, 6) is -4.17. The zero-order chi connectivity index (χ0) is 12.3. The first-order valence-corrected chi connectivity index (χ1v) is 6.10. The van der Waals surface area contributed by atoms with Gasteiger partial charge in [-0.1, -0.05) is 0 Å². The molecule has 1 unspecified atom stereocenters. The number of carbonyl (C=O) groups excluding carboxylic acids is 1. The molecule has 15 heavy (non-hydrogen) atoms. The summed E-state index contributed by atoms with van der Waals surface area (Å²) in [7, 11) is -3.56. The highest BCUT2D eigenvalue weighted by atomic mass is 32.2. The van der Waals surface area contributed by atoms with Gasteiger partial charge in [-0.05, 0) is 6.92 Å². The molecule has 0 radical (unpaired) electrons. The zero-order valence-electron chi connectivity index (χ0n) is 8.46. The van der Waals surface area contributed by atoms with E-state index in [1.54, 1.807) is 0 Å². The molecule has 90 valence electrons. The van der Waals surface area contributed by atoms with Gasteiger partial charge in [0, 0.05) is 6.26 Å². The van der Waals surface area contributed by atoms with Gasteiger partial charge in [0.2, 0.25) is 5.91 Å². The number of nitrogens with one attached hydrogen (secondary N) is 1. The molecule has 0 aliphatic carbocycles. The molecule has 1 atom stereocenters. The molecular formula is C7H14F2N2O3S. The molecule has 0 saturated heterocycles. The van der Waals surface area contributed by atoms with Crippen LogP contribution < -0.4 is 11.1 Å². The first kappa shape index (κ1) is 14.2. The average molecular weight is 244 g/mol. The van der Waals surface area contributed by atoms with E-state index in [9.17, 15) is 22.0 Å². The number of rotatable bonds is 5. The third kappa shape index (κ3) is 5.03. The summed E-state index contributed by atoms with van der Waals surface area (Å²) in [6, 6.07) is 0. The Morgan fingerprint density at radius 2 is 2.00 bits per heavy atom. The monoisotopic (exact) mass is 244 g/mol. The van der Waals surface area contributed by atoms with Gasteiger partial charge in [0.15, 0.2) is 9.84 Å². The van der Waals surface area contributed by atoms with Crippen molar-refractivity contribution in [2.75, 3.05) is 19.3 Å². The molecule has 0 saturated carbocycles. The lowest BCUT2D eigenvalue weighted by molar-refractivity contribution is -0.122. The van der Waals surface area contributed by atoms with E-state index in [1.807, 2.05) is 5.32 Å². The van der Waals surface area contributed by atoms with Crippen molar-refractivity contribution >= 4 is 15.7 Å². The van der Waals surface area contributed by atoms with Crippen LogP contribution >= 0.6 is 0 Å². The van der Waals surface area contributed by atoms with Crippen molar-refractivity contribution in [3.05, 3.63) is 0 Å². The molecule has 0 spiro atoms. The molecule has 0 rings (SSSR count). The Hall–Kier alpha value is -0.760. The Morgan fingerprint density at radius 3 is 2.33 bits per heavy atom. The summed E-state index contributed by atoms with van der Waals surface area (Å²) in [5.41, 5.74) is 4.73. The maximum Gasteiger partial charge on any atom is 0.277 e. The Bertz CT molecular complexity index is 329. The predicted octanol–water partition coefficient (Wildman–Crippen LogP) is -0.870. The van der Waals surface area contributed by atoms with E-state index in [4.69, 9.17) is 5.73 Å². The van der Waals surface area contributed by atoms with Gasteiger partial charge in [-0.3, -0.25) is 4.79 Å². The van der Waals surface area contributed by atoms with Crippen LogP contribution in [-0.4, -0.2) is 44.8 Å². The normalized spacial score (nSPS) is 14.7. The van der Waals surface area contributed by atoms with Gasteiger partial charge in [0.05, 0.1) is 13.1 Å². The van der Waals surface area contributed by atoms with Crippen LogP contribution in [0.5, 0.6) is 0 Å². The molecule has 1 amide bonds. The van der Waals surface area contributed by atoms with E-state index >= 15 is 0 Å². The predicted molar refractivity (Wildman–Crippen MR) is 51.3 cm³/mol. The number of carbonyl (C=O) groups is 1. The molecule has 0 aromatic rings. The summed E-state index contributed by atoms with van der Waals surface area (Å²) >= 11 is 0. The molecule has 0 aliphatic rings. The van der Waals surface area contributed by atoms with Crippen molar-refractivity contribution in [1.82, 2.24) is 5.32 Å². The summed E-state index contributed by atoms with van der Waals surface area (Å²) in [6.45, 7) is -0.728. The van der Waals surface area contributed by atoms with E-state index in [0.29, 0.717) is 0 Å². The van der Waals surface area contributed by atoms with Gasteiger partial charge in [-0.15, -0.1) is 0 Å². The van der Waals surface area contributed by atoms with Gasteiger partial charge in [0.25, 0.3) is 5.92 Å². The number of halogens is 2. The highest BCUT2D eigenvalue weighted by Crippen LogP contribution is 2.09. The third-order valence-electron chi connectivity index (χ3n) is 1.83. The fraction of sp³-hybridized carbons (Fsp3) is 0.857. The van der Waals surface area contributed by atoms with Crippen LogP contribution in [0.25, 0.3) is 0 Å². The van der Waals surface area contributed by atoms with E-state index < -0.39 is 40.0 Å². The Kier molecular flexibility index (Phi) is 4.60. The highest BCUT2D eigenvalue weighted by molar-refractivity contribution is 7.92. The van der Waals surface area contributed by atoms with Crippen molar-refractivity contribution in [3.8, 4) is 0 Å². The van der Waals surface area contributed by atoms with Crippen LogP contribution in [-0.2, 0) is 14.6 Å². The number of nitrogens with two attached hydrogens (primary N) is 1. The topological polar surface area (TPSA) is 89.3 Å². The molecular weight excluding hydrogens is 230 g/mol. The summed E-state index contributed by atoms with van der Waals surface area (Å²) in [6.07, 6.45) is 0.859. The number of hydrogen-bond donors (Lipinski definition) is 2. The lowest BCUT2D eigenvalue weighted by Gasteiger charge is -2.16.